The fourth-order valence-electron chi connectivity index (χ4n) is 2.13. The second kappa shape index (κ2) is 5.83. The molecule has 4 heteroatoms. The second-order valence-corrected chi connectivity index (χ2v) is 5.61. The van der Waals surface area contributed by atoms with Crippen LogP contribution in [0.15, 0.2) is 0 Å². The van der Waals surface area contributed by atoms with Gasteiger partial charge in [0.1, 0.15) is 0 Å². The van der Waals surface area contributed by atoms with Crippen molar-refractivity contribution in [3.8, 4) is 0 Å². The predicted molar refractivity (Wildman–Crippen MR) is 66.6 cm³/mol. The molecule has 0 unspecified atom stereocenters. The molecule has 0 atom stereocenters. The first kappa shape index (κ1) is 12.8. The van der Waals surface area contributed by atoms with E-state index >= 15 is 0 Å². The van der Waals surface area contributed by atoms with E-state index in [2.05, 4.69) is 5.32 Å². The number of carbonyl (C=O) groups excluding carboxylic acids is 1. The molecule has 2 rings (SSSR count). The van der Waals surface area contributed by atoms with E-state index in [-0.39, 0.29) is 11.4 Å². The summed E-state index contributed by atoms with van der Waals surface area (Å²) in [6.07, 6.45) is 7.19. The molecule has 0 bridgehead atoms. The molecule has 17 heavy (non-hydrogen) atoms. The summed E-state index contributed by atoms with van der Waals surface area (Å²) in [7, 11) is 0. The van der Waals surface area contributed by atoms with E-state index in [1.807, 2.05) is 0 Å². The third kappa shape index (κ3) is 4.64. The summed E-state index contributed by atoms with van der Waals surface area (Å²) in [4.78, 5) is 11.6. The molecule has 4 nitrogen and oxygen atoms in total. The Morgan fingerprint density at radius 1 is 1.41 bits per heavy atom. The van der Waals surface area contributed by atoms with Crippen LogP contribution in [0.1, 0.15) is 44.9 Å². The molecular weight excluding hydrogens is 216 g/mol. The Hall–Kier alpha value is -0.610. The maximum Gasteiger partial charge on any atom is 0.221 e. The Labute approximate surface area is 103 Å². The maximum atomic E-state index is 11.6. The van der Waals surface area contributed by atoms with E-state index in [4.69, 9.17) is 10.5 Å². The molecule has 0 aromatic carbocycles. The molecule has 0 radical (unpaired) electrons. The predicted octanol–water partition coefficient (Wildman–Crippen LogP) is 1.19. The van der Waals surface area contributed by atoms with Gasteiger partial charge < -0.3 is 15.8 Å². The molecule has 0 aromatic heterocycles. The molecular formula is C13H24N2O2. The molecule has 0 spiro atoms. The molecule has 0 saturated heterocycles. The van der Waals surface area contributed by atoms with E-state index in [9.17, 15) is 4.79 Å². The van der Waals surface area contributed by atoms with Gasteiger partial charge in [-0.2, -0.15) is 0 Å². The smallest absolute Gasteiger partial charge is 0.221 e. The summed E-state index contributed by atoms with van der Waals surface area (Å²) in [6, 6.07) is 0. The molecule has 1 amide bonds. The number of ether oxygens (including phenoxy) is 1. The lowest BCUT2D eigenvalue weighted by Gasteiger charge is -2.37. The van der Waals surface area contributed by atoms with Crippen molar-refractivity contribution in [2.24, 2.45) is 11.7 Å². The minimum absolute atomic E-state index is 0.0920. The van der Waals surface area contributed by atoms with Crippen molar-refractivity contribution in [3.63, 3.8) is 0 Å². The zero-order chi connectivity index (χ0) is 12.1. The summed E-state index contributed by atoms with van der Waals surface area (Å²) in [5.41, 5.74) is 5.81. The lowest BCUT2D eigenvalue weighted by atomic mass is 9.75. The van der Waals surface area contributed by atoms with Crippen LogP contribution >= 0.6 is 0 Å². The SMILES string of the molecule is NC1(CC(=O)NCCCOCC2CC2)CCC1. The second-order valence-electron chi connectivity index (χ2n) is 5.61. The first-order valence-corrected chi connectivity index (χ1v) is 6.81. The molecule has 2 fully saturated rings. The van der Waals surface area contributed by atoms with Gasteiger partial charge in [0.25, 0.3) is 0 Å². The number of nitrogens with two attached hydrogens (primary N) is 1. The molecule has 2 aliphatic rings. The van der Waals surface area contributed by atoms with E-state index in [0.717, 1.165) is 38.4 Å². The van der Waals surface area contributed by atoms with Crippen LogP contribution in [-0.2, 0) is 9.53 Å². The van der Waals surface area contributed by atoms with Gasteiger partial charge in [-0.1, -0.05) is 0 Å². The summed E-state index contributed by atoms with van der Waals surface area (Å²) >= 11 is 0. The zero-order valence-electron chi connectivity index (χ0n) is 10.5. The average molecular weight is 240 g/mol. The molecule has 98 valence electrons. The number of rotatable bonds is 8. The highest BCUT2D eigenvalue weighted by molar-refractivity contribution is 5.77. The van der Waals surface area contributed by atoms with Crippen LogP contribution in [0.2, 0.25) is 0 Å². The molecule has 3 N–H and O–H groups in total. The van der Waals surface area contributed by atoms with E-state index < -0.39 is 0 Å². The van der Waals surface area contributed by atoms with Gasteiger partial charge in [0.05, 0.1) is 0 Å². The van der Waals surface area contributed by atoms with Gasteiger partial charge in [0.2, 0.25) is 5.91 Å². The zero-order valence-corrected chi connectivity index (χ0v) is 10.5. The van der Waals surface area contributed by atoms with Crippen molar-refractivity contribution < 1.29 is 9.53 Å². The highest BCUT2D eigenvalue weighted by atomic mass is 16.5. The Morgan fingerprint density at radius 3 is 2.76 bits per heavy atom. The summed E-state index contributed by atoms with van der Waals surface area (Å²) < 4.78 is 5.50. The Kier molecular flexibility index (Phi) is 4.40. The van der Waals surface area contributed by atoms with Crippen molar-refractivity contribution >= 4 is 5.91 Å². The number of hydrogen-bond acceptors (Lipinski definition) is 3. The number of amides is 1. The van der Waals surface area contributed by atoms with E-state index in [1.165, 1.54) is 19.3 Å². The van der Waals surface area contributed by atoms with Crippen molar-refractivity contribution in [2.75, 3.05) is 19.8 Å². The Bertz CT molecular complexity index is 260. The van der Waals surface area contributed by atoms with Crippen LogP contribution < -0.4 is 11.1 Å². The van der Waals surface area contributed by atoms with Crippen LogP contribution in [0, 0.1) is 5.92 Å². The van der Waals surface area contributed by atoms with E-state index in [1.54, 1.807) is 0 Å². The normalized spacial score (nSPS) is 21.9. The van der Waals surface area contributed by atoms with E-state index in [0.29, 0.717) is 13.0 Å². The van der Waals surface area contributed by atoms with Crippen LogP contribution in [0.4, 0.5) is 0 Å². The summed E-state index contributed by atoms with van der Waals surface area (Å²) in [5, 5.41) is 2.91. The first-order chi connectivity index (χ1) is 8.18. The first-order valence-electron chi connectivity index (χ1n) is 6.81. The third-order valence-corrected chi connectivity index (χ3v) is 3.70. The standard InChI is InChI=1S/C13H24N2O2/c14-13(5-1-6-13)9-12(16)15-7-2-8-17-10-11-3-4-11/h11H,1-10,14H2,(H,15,16). The molecule has 2 aliphatic carbocycles. The minimum atomic E-state index is -0.202. The van der Waals surface area contributed by atoms with Gasteiger partial charge in [0.15, 0.2) is 0 Å². The molecule has 0 aromatic rings. The van der Waals surface area contributed by atoms with Crippen molar-refractivity contribution in [2.45, 2.75) is 50.5 Å². The molecule has 0 heterocycles. The maximum absolute atomic E-state index is 11.6. The number of carbonyl (C=O) groups is 1. The fraction of sp³-hybridized carbons (Fsp3) is 0.923. The van der Waals surface area contributed by atoms with Crippen LogP contribution in [0.5, 0.6) is 0 Å². The molecule has 0 aliphatic heterocycles. The van der Waals surface area contributed by atoms with Crippen LogP contribution in [0.25, 0.3) is 0 Å². The number of nitrogens with one attached hydrogen (secondary N) is 1. The highest BCUT2D eigenvalue weighted by Crippen LogP contribution is 2.31. The average Bonchev–Trinajstić information content (AvgIpc) is 3.04. The largest absolute Gasteiger partial charge is 0.381 e. The fourth-order valence-corrected chi connectivity index (χ4v) is 2.13. The van der Waals surface area contributed by atoms with Gasteiger partial charge in [-0.05, 0) is 44.4 Å². The lowest BCUT2D eigenvalue weighted by molar-refractivity contribution is -0.123. The van der Waals surface area contributed by atoms with Crippen molar-refractivity contribution in [3.05, 3.63) is 0 Å². The van der Waals surface area contributed by atoms with Gasteiger partial charge in [0, 0.05) is 31.7 Å². The third-order valence-electron chi connectivity index (χ3n) is 3.70. The van der Waals surface area contributed by atoms with Crippen molar-refractivity contribution in [1.82, 2.24) is 5.32 Å². The van der Waals surface area contributed by atoms with Gasteiger partial charge >= 0.3 is 0 Å². The summed E-state index contributed by atoms with van der Waals surface area (Å²) in [6.45, 7) is 2.37. The topological polar surface area (TPSA) is 64.4 Å². The highest BCUT2D eigenvalue weighted by Gasteiger charge is 2.34. The van der Waals surface area contributed by atoms with Crippen LogP contribution in [0.3, 0.4) is 0 Å². The Balaban J connectivity index is 1.42. The Morgan fingerprint density at radius 2 is 2.18 bits per heavy atom. The quantitative estimate of drug-likeness (QED) is 0.626. The number of hydrogen-bond donors (Lipinski definition) is 2. The summed E-state index contributed by atoms with van der Waals surface area (Å²) in [5.74, 6) is 0.912. The van der Waals surface area contributed by atoms with Gasteiger partial charge in [-0.3, -0.25) is 4.79 Å². The van der Waals surface area contributed by atoms with Gasteiger partial charge in [-0.15, -0.1) is 0 Å². The molecule has 2 saturated carbocycles. The minimum Gasteiger partial charge on any atom is -0.381 e. The lowest BCUT2D eigenvalue weighted by Crippen LogP contribution is -2.50. The van der Waals surface area contributed by atoms with Crippen LogP contribution in [-0.4, -0.2) is 31.2 Å². The monoisotopic (exact) mass is 240 g/mol. The van der Waals surface area contributed by atoms with Gasteiger partial charge in [-0.25, -0.2) is 0 Å². The van der Waals surface area contributed by atoms with Crippen molar-refractivity contribution in [1.29, 1.82) is 0 Å².